The first-order chi connectivity index (χ1) is 9.78. The zero-order valence-corrected chi connectivity index (χ0v) is 11.1. The molecule has 0 aromatic carbocycles. The van der Waals surface area contributed by atoms with Crippen molar-refractivity contribution >= 4 is 24.0 Å². The minimum absolute atomic E-state index is 0.118. The fourth-order valence-corrected chi connectivity index (χ4v) is 2.39. The minimum Gasteiger partial charge on any atom is -0.398 e. The average Bonchev–Trinajstić information content (AvgIpc) is 2.80. The van der Waals surface area contributed by atoms with Crippen LogP contribution in [0.2, 0.25) is 0 Å². The van der Waals surface area contributed by atoms with Crippen molar-refractivity contribution in [2.75, 3.05) is 0 Å². The predicted molar refractivity (Wildman–Crippen MR) is 69.8 cm³/mol. The maximum absolute atomic E-state index is 8.15. The van der Waals surface area contributed by atoms with Crippen molar-refractivity contribution < 1.29 is 16.2 Å². The van der Waals surface area contributed by atoms with Crippen LogP contribution in [-0.2, 0) is 9.31 Å². The van der Waals surface area contributed by atoms with E-state index < -0.39 is 37.0 Å². The molecule has 0 spiro atoms. The summed E-state index contributed by atoms with van der Waals surface area (Å²) >= 11 is 1.07. The zero-order valence-electron chi connectivity index (χ0n) is 15.3. The summed E-state index contributed by atoms with van der Waals surface area (Å²) in [6.07, 6.45) is -4.49. The molecule has 3 nitrogen and oxygen atoms in total. The van der Waals surface area contributed by atoms with Gasteiger partial charge >= 0.3 is 7.12 Å². The molecule has 0 radical (unpaired) electrons. The average molecular weight is 256 g/mol. The Bertz CT molecular complexity index is 603. The molecule has 0 N–H and O–H groups in total. The van der Waals surface area contributed by atoms with Crippen LogP contribution < -0.4 is 5.59 Å². The Morgan fingerprint density at radius 1 is 1.41 bits per heavy atom. The van der Waals surface area contributed by atoms with Gasteiger partial charge in [-0.25, -0.2) is 4.98 Å². The Morgan fingerprint density at radius 3 is 2.53 bits per heavy atom. The van der Waals surface area contributed by atoms with Gasteiger partial charge in [-0.15, -0.1) is 11.3 Å². The van der Waals surface area contributed by atoms with E-state index in [4.69, 9.17) is 16.2 Å². The molecular formula is C12H18BNO2S. The van der Waals surface area contributed by atoms with Gasteiger partial charge in [0.15, 0.2) is 0 Å². The van der Waals surface area contributed by atoms with E-state index in [9.17, 15) is 0 Å². The maximum atomic E-state index is 8.15. The Morgan fingerprint density at radius 2 is 2.00 bits per heavy atom. The number of hydrogen-bond acceptors (Lipinski definition) is 4. The molecule has 0 amide bonds. The molecule has 5 heteroatoms. The van der Waals surface area contributed by atoms with Gasteiger partial charge in [-0.05, 0) is 40.4 Å². The first kappa shape index (κ1) is 7.26. The van der Waals surface area contributed by atoms with Gasteiger partial charge < -0.3 is 9.31 Å². The highest BCUT2D eigenvalue weighted by Gasteiger charge is 2.52. The fraction of sp³-hybridized carbons (Fsp3) is 0.750. The van der Waals surface area contributed by atoms with Gasteiger partial charge in [0, 0.05) is 18.1 Å². The van der Waals surface area contributed by atoms with E-state index >= 15 is 0 Å². The van der Waals surface area contributed by atoms with Crippen LogP contribution in [0.3, 0.4) is 0 Å². The predicted octanol–water partition coefficient (Wildman–Crippen LogP) is 2.32. The molecule has 2 fully saturated rings. The lowest BCUT2D eigenvalue weighted by Crippen LogP contribution is -2.41. The van der Waals surface area contributed by atoms with Crippen LogP contribution in [0.5, 0.6) is 0 Å². The SMILES string of the molecule is [2H]C1([2H])C([2H])([2H])C1([2H])c1nc(B2OC(C)(C)C(C)(C)O2)cs1. The normalized spacial score (nSPS) is 38.6. The van der Waals surface area contributed by atoms with Crippen molar-refractivity contribution in [3.8, 4) is 0 Å². The Balaban J connectivity index is 1.89. The summed E-state index contributed by atoms with van der Waals surface area (Å²) < 4.78 is 50.7. The third-order valence-corrected chi connectivity index (χ3v) is 4.36. The second kappa shape index (κ2) is 3.56. The molecule has 92 valence electrons. The third kappa shape index (κ3) is 1.94. The van der Waals surface area contributed by atoms with Gasteiger partial charge in [-0.2, -0.15) is 0 Å². The maximum Gasteiger partial charge on any atom is 0.515 e. The second-order valence-corrected chi connectivity index (χ2v) is 6.15. The fourth-order valence-electron chi connectivity index (χ4n) is 1.61. The molecule has 1 aliphatic carbocycles. The summed E-state index contributed by atoms with van der Waals surface area (Å²) in [6, 6.07) is 0. The van der Waals surface area contributed by atoms with Crippen LogP contribution in [-0.4, -0.2) is 23.3 Å². The van der Waals surface area contributed by atoms with Gasteiger partial charge in [-0.1, -0.05) is 0 Å². The molecule has 1 aliphatic heterocycles. The Labute approximate surface area is 114 Å². The molecule has 2 aliphatic rings. The van der Waals surface area contributed by atoms with Crippen molar-refractivity contribution in [2.45, 2.75) is 57.5 Å². The van der Waals surface area contributed by atoms with Gasteiger partial charge in [0.25, 0.3) is 0 Å². The molecule has 0 unspecified atom stereocenters. The Kier molecular flexibility index (Phi) is 1.52. The third-order valence-electron chi connectivity index (χ3n) is 3.48. The molecule has 3 rings (SSSR count). The molecule has 1 aromatic rings. The molecule has 1 aromatic heterocycles. The molecule has 17 heavy (non-hydrogen) atoms. The van der Waals surface area contributed by atoms with E-state index in [-0.39, 0.29) is 5.01 Å². The highest BCUT2D eigenvalue weighted by Crippen LogP contribution is 2.41. The summed E-state index contributed by atoms with van der Waals surface area (Å²) in [4.78, 5) is 4.25. The van der Waals surface area contributed by atoms with Crippen LogP contribution in [0, 0.1) is 0 Å². The summed E-state index contributed by atoms with van der Waals surface area (Å²) in [6.45, 7) is 7.68. The lowest BCUT2D eigenvalue weighted by molar-refractivity contribution is 0.00578. The standard InChI is InChI=1S/C12H18BNO2S/c1-11(2)12(3,4)16-13(15-11)9-7-17-10(14-9)8-5-6-8/h7-8H,5-6H2,1-4H3/i5D2,6D2,8D. The Hall–Kier alpha value is -0.385. The van der Waals surface area contributed by atoms with Crippen LogP contribution in [0.15, 0.2) is 5.38 Å². The first-order valence-corrected chi connectivity index (χ1v) is 6.47. The molecule has 0 bridgehead atoms. The quantitative estimate of drug-likeness (QED) is 0.761. The summed E-state index contributed by atoms with van der Waals surface area (Å²) in [5.41, 5.74) is -0.560. The molecule has 1 saturated carbocycles. The van der Waals surface area contributed by atoms with Crippen LogP contribution in [0.25, 0.3) is 0 Å². The lowest BCUT2D eigenvalue weighted by atomic mass is 9.86. The van der Waals surface area contributed by atoms with Crippen LogP contribution >= 0.6 is 11.3 Å². The summed E-state index contributed by atoms with van der Waals surface area (Å²) in [5.74, 6) is -1.97. The summed E-state index contributed by atoms with van der Waals surface area (Å²) in [5, 5.41) is 1.77. The van der Waals surface area contributed by atoms with Gasteiger partial charge in [0.1, 0.15) is 0 Å². The number of nitrogens with zero attached hydrogens (tertiary/aromatic N) is 1. The topological polar surface area (TPSA) is 31.4 Å². The van der Waals surface area contributed by atoms with Crippen LogP contribution in [0.4, 0.5) is 0 Å². The highest BCUT2D eigenvalue weighted by molar-refractivity contribution is 7.10. The minimum atomic E-state index is -2.24. The molecule has 0 atom stereocenters. The van der Waals surface area contributed by atoms with Crippen molar-refractivity contribution in [1.82, 2.24) is 4.98 Å². The van der Waals surface area contributed by atoms with Crippen molar-refractivity contribution in [3.63, 3.8) is 0 Å². The van der Waals surface area contributed by atoms with E-state index in [0.29, 0.717) is 5.59 Å². The first-order valence-electron chi connectivity index (χ1n) is 8.09. The molecule has 2 heterocycles. The lowest BCUT2D eigenvalue weighted by Gasteiger charge is -2.32. The number of hydrogen-bond donors (Lipinski definition) is 0. The number of thiazole rings is 1. The molecule has 1 saturated heterocycles. The van der Waals surface area contributed by atoms with Crippen LogP contribution in [0.1, 0.15) is 58.2 Å². The van der Waals surface area contributed by atoms with E-state index in [1.54, 1.807) is 5.38 Å². The smallest absolute Gasteiger partial charge is 0.398 e. The van der Waals surface area contributed by atoms with E-state index in [1.165, 1.54) is 0 Å². The number of aromatic nitrogens is 1. The van der Waals surface area contributed by atoms with E-state index in [0.717, 1.165) is 11.3 Å². The second-order valence-electron chi connectivity index (χ2n) is 5.29. The largest absolute Gasteiger partial charge is 0.515 e. The van der Waals surface area contributed by atoms with Crippen molar-refractivity contribution in [2.24, 2.45) is 0 Å². The molecular weight excluding hydrogens is 233 g/mol. The van der Waals surface area contributed by atoms with Gasteiger partial charge in [0.05, 0.1) is 21.8 Å². The van der Waals surface area contributed by atoms with E-state index in [2.05, 4.69) is 4.98 Å². The number of rotatable bonds is 2. The monoisotopic (exact) mass is 256 g/mol. The highest BCUT2D eigenvalue weighted by atomic mass is 32.1. The summed E-state index contributed by atoms with van der Waals surface area (Å²) in [7, 11) is -0.686. The van der Waals surface area contributed by atoms with Crippen molar-refractivity contribution in [1.29, 1.82) is 0 Å². The van der Waals surface area contributed by atoms with Gasteiger partial charge in [0.2, 0.25) is 0 Å². The zero-order chi connectivity index (χ0) is 16.8. The van der Waals surface area contributed by atoms with Gasteiger partial charge in [-0.3, -0.25) is 0 Å². The van der Waals surface area contributed by atoms with E-state index in [1.807, 2.05) is 27.7 Å². The van der Waals surface area contributed by atoms with Crippen molar-refractivity contribution in [3.05, 3.63) is 10.4 Å².